The summed E-state index contributed by atoms with van der Waals surface area (Å²) >= 11 is 1.51. The van der Waals surface area contributed by atoms with Gasteiger partial charge in [0, 0.05) is 31.1 Å². The van der Waals surface area contributed by atoms with Crippen LogP contribution in [0.5, 0.6) is 0 Å². The van der Waals surface area contributed by atoms with Gasteiger partial charge in [-0.1, -0.05) is 30.3 Å². The third-order valence-corrected chi connectivity index (χ3v) is 5.34. The highest BCUT2D eigenvalue weighted by molar-refractivity contribution is 8.00. The van der Waals surface area contributed by atoms with Crippen molar-refractivity contribution in [3.05, 3.63) is 66.0 Å². The molecule has 2 amide bonds. The molecule has 0 spiro atoms. The van der Waals surface area contributed by atoms with Crippen molar-refractivity contribution >= 4 is 23.6 Å². The van der Waals surface area contributed by atoms with E-state index >= 15 is 0 Å². The fourth-order valence-corrected chi connectivity index (χ4v) is 3.75. The SMILES string of the molecule is O=C(CSc1ccccc1)N1CCCN(C(=O)c2ccccc2F)CC1. The second kappa shape index (κ2) is 8.85. The molecule has 1 saturated heterocycles. The Morgan fingerprint density at radius 2 is 1.54 bits per heavy atom. The summed E-state index contributed by atoms with van der Waals surface area (Å²) in [5.41, 5.74) is 0.0897. The van der Waals surface area contributed by atoms with Crippen molar-refractivity contribution in [1.82, 2.24) is 9.80 Å². The maximum atomic E-state index is 13.8. The van der Waals surface area contributed by atoms with Crippen molar-refractivity contribution in [2.45, 2.75) is 11.3 Å². The van der Waals surface area contributed by atoms with Crippen LogP contribution in [0.15, 0.2) is 59.5 Å². The van der Waals surface area contributed by atoms with Gasteiger partial charge in [0.05, 0.1) is 11.3 Å². The normalized spacial score (nSPS) is 14.8. The lowest BCUT2D eigenvalue weighted by Crippen LogP contribution is -2.38. The molecule has 6 heteroatoms. The molecule has 3 rings (SSSR count). The highest BCUT2D eigenvalue weighted by Crippen LogP contribution is 2.18. The zero-order valence-electron chi connectivity index (χ0n) is 14.4. The summed E-state index contributed by atoms with van der Waals surface area (Å²) in [6.07, 6.45) is 0.696. The summed E-state index contributed by atoms with van der Waals surface area (Å²) in [7, 11) is 0. The van der Waals surface area contributed by atoms with Crippen molar-refractivity contribution in [3.8, 4) is 0 Å². The Morgan fingerprint density at radius 3 is 2.31 bits per heavy atom. The molecule has 0 aliphatic carbocycles. The van der Waals surface area contributed by atoms with E-state index in [2.05, 4.69) is 0 Å². The van der Waals surface area contributed by atoms with Gasteiger partial charge in [0.25, 0.3) is 5.91 Å². The van der Waals surface area contributed by atoms with E-state index in [9.17, 15) is 14.0 Å². The predicted octanol–water partition coefficient (Wildman–Crippen LogP) is 3.29. The lowest BCUT2D eigenvalue weighted by atomic mass is 10.2. The molecule has 4 nitrogen and oxygen atoms in total. The molecule has 1 aliphatic heterocycles. The predicted molar refractivity (Wildman–Crippen MR) is 101 cm³/mol. The number of halogens is 1. The van der Waals surface area contributed by atoms with Gasteiger partial charge in [0.1, 0.15) is 5.82 Å². The van der Waals surface area contributed by atoms with Crippen LogP contribution in [0.3, 0.4) is 0 Å². The minimum atomic E-state index is -0.506. The minimum absolute atomic E-state index is 0.0686. The lowest BCUT2D eigenvalue weighted by Gasteiger charge is -2.22. The Morgan fingerprint density at radius 1 is 0.885 bits per heavy atom. The summed E-state index contributed by atoms with van der Waals surface area (Å²) in [5, 5.41) is 0. The third kappa shape index (κ3) is 4.64. The number of rotatable bonds is 4. The van der Waals surface area contributed by atoms with Gasteiger partial charge in [-0.2, -0.15) is 0 Å². The molecule has 2 aromatic rings. The van der Waals surface area contributed by atoms with Crippen molar-refractivity contribution in [2.75, 3.05) is 31.9 Å². The van der Waals surface area contributed by atoms with Crippen molar-refractivity contribution < 1.29 is 14.0 Å². The van der Waals surface area contributed by atoms with E-state index in [4.69, 9.17) is 0 Å². The Balaban J connectivity index is 1.55. The first-order valence-corrected chi connectivity index (χ1v) is 9.63. The molecule has 0 atom stereocenters. The van der Waals surface area contributed by atoms with Crippen LogP contribution >= 0.6 is 11.8 Å². The zero-order chi connectivity index (χ0) is 18.4. The molecule has 0 bridgehead atoms. The molecular weight excluding hydrogens is 351 g/mol. The van der Waals surface area contributed by atoms with Crippen LogP contribution in [0.2, 0.25) is 0 Å². The summed E-state index contributed by atoms with van der Waals surface area (Å²) in [6, 6.07) is 15.8. The molecule has 0 saturated carbocycles. The molecule has 26 heavy (non-hydrogen) atoms. The number of thioether (sulfide) groups is 1. The average molecular weight is 372 g/mol. The molecule has 0 N–H and O–H groups in total. The number of carbonyl (C=O) groups is 2. The summed E-state index contributed by atoms with van der Waals surface area (Å²) in [6.45, 7) is 2.06. The van der Waals surface area contributed by atoms with Crippen LogP contribution in [-0.2, 0) is 4.79 Å². The standard InChI is InChI=1S/C20H21FN2O2S/c21-18-10-5-4-9-17(18)20(25)23-12-6-11-22(13-14-23)19(24)15-26-16-7-2-1-3-8-16/h1-5,7-10H,6,11-15H2. The second-order valence-electron chi connectivity index (χ2n) is 6.11. The Bertz CT molecular complexity index is 769. The lowest BCUT2D eigenvalue weighted by molar-refractivity contribution is -0.128. The van der Waals surface area contributed by atoms with Gasteiger partial charge >= 0.3 is 0 Å². The number of amides is 2. The minimum Gasteiger partial charge on any atom is -0.340 e. The average Bonchev–Trinajstić information content (AvgIpc) is 2.93. The van der Waals surface area contributed by atoms with E-state index in [1.807, 2.05) is 30.3 Å². The van der Waals surface area contributed by atoms with E-state index in [-0.39, 0.29) is 17.4 Å². The molecule has 1 aliphatic rings. The monoisotopic (exact) mass is 372 g/mol. The molecular formula is C20H21FN2O2S. The first kappa shape index (κ1) is 18.5. The van der Waals surface area contributed by atoms with Crippen LogP contribution < -0.4 is 0 Å². The number of nitrogens with zero attached hydrogens (tertiary/aromatic N) is 2. The Labute approximate surface area is 157 Å². The van der Waals surface area contributed by atoms with Gasteiger partial charge in [0.2, 0.25) is 5.91 Å². The van der Waals surface area contributed by atoms with Gasteiger partial charge < -0.3 is 9.80 Å². The van der Waals surface area contributed by atoms with Crippen molar-refractivity contribution in [2.24, 2.45) is 0 Å². The zero-order valence-corrected chi connectivity index (χ0v) is 15.3. The number of benzene rings is 2. The number of hydrogen-bond donors (Lipinski definition) is 0. The van der Waals surface area contributed by atoms with E-state index in [0.717, 1.165) is 4.90 Å². The maximum absolute atomic E-state index is 13.8. The maximum Gasteiger partial charge on any atom is 0.256 e. The molecule has 1 heterocycles. The van der Waals surface area contributed by atoms with E-state index in [0.29, 0.717) is 38.4 Å². The van der Waals surface area contributed by atoms with Gasteiger partial charge in [-0.15, -0.1) is 11.8 Å². The topological polar surface area (TPSA) is 40.6 Å². The summed E-state index contributed by atoms with van der Waals surface area (Å²) in [5.74, 6) is -0.366. The van der Waals surface area contributed by atoms with Crippen LogP contribution in [0.25, 0.3) is 0 Å². The molecule has 136 valence electrons. The number of hydrogen-bond acceptors (Lipinski definition) is 3. The first-order chi connectivity index (χ1) is 12.6. The molecule has 0 radical (unpaired) electrons. The summed E-state index contributed by atoms with van der Waals surface area (Å²) in [4.78, 5) is 29.5. The number of carbonyl (C=O) groups excluding carboxylic acids is 2. The second-order valence-corrected chi connectivity index (χ2v) is 7.16. The molecule has 1 fully saturated rings. The van der Waals surface area contributed by atoms with Crippen molar-refractivity contribution in [3.63, 3.8) is 0 Å². The van der Waals surface area contributed by atoms with Gasteiger partial charge in [-0.25, -0.2) is 4.39 Å². The van der Waals surface area contributed by atoms with Crippen LogP contribution in [0.1, 0.15) is 16.8 Å². The molecule has 0 unspecified atom stereocenters. The third-order valence-electron chi connectivity index (χ3n) is 4.35. The molecule has 0 aromatic heterocycles. The summed E-state index contributed by atoms with van der Waals surface area (Å²) < 4.78 is 13.8. The Kier molecular flexibility index (Phi) is 6.28. The highest BCUT2D eigenvalue weighted by atomic mass is 32.2. The fourth-order valence-electron chi connectivity index (χ4n) is 2.93. The Hall–Kier alpha value is -2.34. The largest absolute Gasteiger partial charge is 0.340 e. The van der Waals surface area contributed by atoms with Gasteiger partial charge in [0.15, 0.2) is 0 Å². The van der Waals surface area contributed by atoms with E-state index in [1.54, 1.807) is 21.9 Å². The van der Waals surface area contributed by atoms with Crippen molar-refractivity contribution in [1.29, 1.82) is 0 Å². The highest BCUT2D eigenvalue weighted by Gasteiger charge is 2.24. The van der Waals surface area contributed by atoms with E-state index < -0.39 is 5.82 Å². The van der Waals surface area contributed by atoms with E-state index in [1.165, 1.54) is 23.9 Å². The quantitative estimate of drug-likeness (QED) is 0.774. The van der Waals surface area contributed by atoms with Gasteiger partial charge in [-0.05, 0) is 30.7 Å². The fraction of sp³-hybridized carbons (Fsp3) is 0.300. The van der Waals surface area contributed by atoms with Crippen LogP contribution in [0.4, 0.5) is 4.39 Å². The smallest absolute Gasteiger partial charge is 0.256 e. The van der Waals surface area contributed by atoms with Gasteiger partial charge in [-0.3, -0.25) is 9.59 Å². The van der Waals surface area contributed by atoms with Crippen LogP contribution in [0, 0.1) is 5.82 Å². The molecule has 2 aromatic carbocycles. The first-order valence-electron chi connectivity index (χ1n) is 8.64. The van der Waals surface area contributed by atoms with Crippen LogP contribution in [-0.4, -0.2) is 53.5 Å².